The van der Waals surface area contributed by atoms with Crippen molar-refractivity contribution in [1.29, 1.82) is 0 Å². The van der Waals surface area contributed by atoms with Gasteiger partial charge in [-0.1, -0.05) is 69.2 Å². The van der Waals surface area contributed by atoms with Gasteiger partial charge in [-0.15, -0.1) is 0 Å². The number of hydrogen-bond acceptors (Lipinski definition) is 0. The third-order valence-electron chi connectivity index (χ3n) is 5.62. The van der Waals surface area contributed by atoms with Crippen molar-refractivity contribution in [2.24, 2.45) is 0 Å². The van der Waals surface area contributed by atoms with Crippen LogP contribution in [0.1, 0.15) is 69.2 Å². The standard InChI is InChI=1S/2C10H15.C2H3.CH3.Ti/c2*1-6-7(2)9(4)10(5)8(6)3;1-2;;/h2*1-5H3;1H,2H2;1H3;/q;;2*-1;+4. The Balaban J connectivity index is -0.000000310. The molecule has 0 aromatic rings. The van der Waals surface area contributed by atoms with Gasteiger partial charge in [0, 0.05) is 0 Å². The summed E-state index contributed by atoms with van der Waals surface area (Å²) < 4.78 is 0. The summed E-state index contributed by atoms with van der Waals surface area (Å²) >= 11 is 0. The van der Waals surface area contributed by atoms with Gasteiger partial charge in [-0.2, -0.15) is 0 Å². The van der Waals surface area contributed by atoms with Crippen LogP contribution in [0.25, 0.3) is 0 Å². The van der Waals surface area contributed by atoms with E-state index in [0.29, 0.717) is 0 Å². The summed E-state index contributed by atoms with van der Waals surface area (Å²) in [7, 11) is 0. The third-order valence-corrected chi connectivity index (χ3v) is 5.62. The molecule has 0 nitrogen and oxygen atoms in total. The molecule has 0 aromatic carbocycles. The quantitative estimate of drug-likeness (QED) is 0.322. The van der Waals surface area contributed by atoms with Gasteiger partial charge >= 0.3 is 21.7 Å². The van der Waals surface area contributed by atoms with E-state index in [9.17, 15) is 0 Å². The van der Waals surface area contributed by atoms with Crippen molar-refractivity contribution in [3.63, 3.8) is 0 Å². The van der Waals surface area contributed by atoms with Gasteiger partial charge in [-0.3, -0.25) is 6.58 Å². The molecule has 0 amide bonds. The van der Waals surface area contributed by atoms with Crippen molar-refractivity contribution in [3.05, 3.63) is 79.8 Å². The molecule has 0 bridgehead atoms. The first-order chi connectivity index (χ1) is 10.1. The molecule has 2 rings (SSSR count). The van der Waals surface area contributed by atoms with Crippen LogP contribution in [0.2, 0.25) is 0 Å². The Morgan fingerprint density at radius 1 is 0.375 bits per heavy atom. The van der Waals surface area contributed by atoms with E-state index in [0.717, 1.165) is 0 Å². The first kappa shape index (κ1) is 29.2. The van der Waals surface area contributed by atoms with Crippen molar-refractivity contribution >= 4 is 0 Å². The summed E-state index contributed by atoms with van der Waals surface area (Å²) in [6.07, 6.45) is 0. The fraction of sp³-hybridized carbons (Fsp3) is 0.435. The molecule has 2 fully saturated rings. The topological polar surface area (TPSA) is 0 Å². The van der Waals surface area contributed by atoms with Crippen LogP contribution in [0.15, 0.2) is 6.58 Å². The van der Waals surface area contributed by atoms with E-state index in [1.165, 1.54) is 59.2 Å². The summed E-state index contributed by atoms with van der Waals surface area (Å²) in [6.45, 7) is 29.0. The normalized spacial score (nSPS) is 23.9. The average molecular weight is 360 g/mol. The molecular weight excluding hydrogens is 324 g/mol. The van der Waals surface area contributed by atoms with Crippen molar-refractivity contribution in [1.82, 2.24) is 0 Å². The molecule has 24 heavy (non-hydrogen) atoms. The van der Waals surface area contributed by atoms with E-state index < -0.39 is 0 Å². The number of hydrogen-bond donors (Lipinski definition) is 0. The van der Waals surface area contributed by atoms with Gasteiger partial charge < -0.3 is 14.0 Å². The molecule has 0 N–H and O–H groups in total. The molecule has 1 heteroatoms. The molecule has 130 valence electrons. The van der Waals surface area contributed by atoms with Gasteiger partial charge in [0.2, 0.25) is 0 Å². The molecule has 0 aromatic heterocycles. The van der Waals surface area contributed by atoms with E-state index in [1.807, 2.05) is 0 Å². The fourth-order valence-electron chi connectivity index (χ4n) is 2.81. The van der Waals surface area contributed by atoms with Crippen LogP contribution in [0.4, 0.5) is 0 Å². The minimum Gasteiger partial charge on any atom is -0.521 e. The van der Waals surface area contributed by atoms with Gasteiger partial charge in [0.25, 0.3) is 0 Å². The van der Waals surface area contributed by atoms with E-state index in [4.69, 9.17) is 0 Å². The van der Waals surface area contributed by atoms with Crippen LogP contribution in [0.3, 0.4) is 0 Å². The van der Waals surface area contributed by atoms with Gasteiger partial charge in [0.15, 0.2) is 0 Å². The SMILES string of the molecule is C[C]1[C](C)[C](C)[C](C)[C]1C.C[C]1[C](C)[C](C)[C](C)[C]1C.[CH-]=C.[CH3-].[Ti+4]. The second-order valence-corrected chi connectivity index (χ2v) is 6.25. The van der Waals surface area contributed by atoms with Crippen LogP contribution in [-0.2, 0) is 21.7 Å². The third kappa shape index (κ3) is 6.32. The van der Waals surface area contributed by atoms with Gasteiger partial charge in [-0.25, -0.2) is 0 Å². The first-order valence-electron chi connectivity index (χ1n) is 7.91. The maximum Gasteiger partial charge on any atom is 4.00 e. The molecule has 0 unspecified atom stereocenters. The van der Waals surface area contributed by atoms with Crippen LogP contribution >= 0.6 is 0 Å². The minimum absolute atomic E-state index is 0. The first-order valence-corrected chi connectivity index (χ1v) is 7.91. The Bertz CT molecular complexity index is 193. The Morgan fingerprint density at radius 2 is 0.417 bits per heavy atom. The van der Waals surface area contributed by atoms with Gasteiger partial charge in [0.1, 0.15) is 0 Å². The fourth-order valence-corrected chi connectivity index (χ4v) is 2.81. The molecule has 2 aliphatic rings. The van der Waals surface area contributed by atoms with Crippen LogP contribution < -0.4 is 0 Å². The molecule has 0 heterocycles. The Kier molecular flexibility index (Phi) is 15.5. The van der Waals surface area contributed by atoms with E-state index in [-0.39, 0.29) is 29.1 Å². The molecule has 0 aliphatic heterocycles. The summed E-state index contributed by atoms with van der Waals surface area (Å²) in [5.41, 5.74) is 0. The molecule has 10 radical (unpaired) electrons. The van der Waals surface area contributed by atoms with Crippen molar-refractivity contribution in [2.75, 3.05) is 0 Å². The maximum atomic E-state index is 4.25. The van der Waals surface area contributed by atoms with E-state index >= 15 is 0 Å². The average Bonchev–Trinajstić information content (AvgIpc) is 2.81. The summed E-state index contributed by atoms with van der Waals surface area (Å²) in [6, 6.07) is 0. The molecule has 0 saturated heterocycles. The predicted molar refractivity (Wildman–Crippen MR) is 106 cm³/mol. The predicted octanol–water partition coefficient (Wildman–Crippen LogP) is 7.00. The van der Waals surface area contributed by atoms with Crippen LogP contribution in [0, 0.1) is 73.2 Å². The molecule has 0 spiro atoms. The van der Waals surface area contributed by atoms with Crippen LogP contribution in [-0.4, -0.2) is 0 Å². The molecular formula is C23H36Ti+2. The monoisotopic (exact) mass is 360 g/mol. The minimum atomic E-state index is 0. The molecule has 2 aliphatic carbocycles. The van der Waals surface area contributed by atoms with Crippen molar-refractivity contribution < 1.29 is 21.7 Å². The molecule has 0 atom stereocenters. The largest absolute Gasteiger partial charge is 4.00 e. The Morgan fingerprint density at radius 3 is 0.458 bits per heavy atom. The van der Waals surface area contributed by atoms with Crippen molar-refractivity contribution in [2.45, 2.75) is 69.2 Å². The van der Waals surface area contributed by atoms with E-state index in [1.54, 1.807) is 0 Å². The number of rotatable bonds is 0. The summed E-state index contributed by atoms with van der Waals surface area (Å²) in [5, 5.41) is 0. The second kappa shape index (κ2) is 12.8. The zero-order chi connectivity index (χ0) is 17.8. The summed E-state index contributed by atoms with van der Waals surface area (Å²) in [5.74, 6) is 14.7. The van der Waals surface area contributed by atoms with Gasteiger partial charge in [-0.05, 0) is 59.2 Å². The van der Waals surface area contributed by atoms with E-state index in [2.05, 4.69) is 82.4 Å². The van der Waals surface area contributed by atoms with Crippen LogP contribution in [0.5, 0.6) is 0 Å². The van der Waals surface area contributed by atoms with Gasteiger partial charge in [0.05, 0.1) is 0 Å². The zero-order valence-electron chi connectivity index (χ0n) is 17.8. The maximum absolute atomic E-state index is 4.25. The molecule has 2 saturated carbocycles. The Hall–Kier alpha value is 0.454. The summed E-state index contributed by atoms with van der Waals surface area (Å²) in [4.78, 5) is 0. The second-order valence-electron chi connectivity index (χ2n) is 6.25. The van der Waals surface area contributed by atoms with Crippen molar-refractivity contribution in [3.8, 4) is 0 Å². The Labute approximate surface area is 170 Å². The smallest absolute Gasteiger partial charge is 0.521 e. The zero-order valence-corrected chi connectivity index (χ0v) is 19.3.